The summed E-state index contributed by atoms with van der Waals surface area (Å²) in [5.41, 5.74) is 10.5. The molecule has 0 unspecified atom stereocenters. The Labute approximate surface area is 109 Å². The molecule has 0 amide bonds. The van der Waals surface area contributed by atoms with Crippen LogP contribution in [0.5, 0.6) is 0 Å². The fourth-order valence-corrected chi connectivity index (χ4v) is 2.12. The highest BCUT2D eigenvalue weighted by Crippen LogP contribution is 2.24. The number of hydrogen-bond acceptors (Lipinski definition) is 2. The van der Waals surface area contributed by atoms with Gasteiger partial charge in [-0.05, 0) is 24.0 Å². The SMILES string of the molecule is CCCCc1nn(C)cc1-c1ccc(CN)cc1. The Kier molecular flexibility index (Phi) is 4.15. The minimum atomic E-state index is 0.593. The Morgan fingerprint density at radius 3 is 2.56 bits per heavy atom. The van der Waals surface area contributed by atoms with Gasteiger partial charge in [0, 0.05) is 25.4 Å². The molecule has 0 aliphatic carbocycles. The van der Waals surface area contributed by atoms with Crippen molar-refractivity contribution in [2.45, 2.75) is 32.7 Å². The number of unbranched alkanes of at least 4 members (excludes halogenated alkanes) is 1. The maximum Gasteiger partial charge on any atom is 0.0702 e. The van der Waals surface area contributed by atoms with Crippen molar-refractivity contribution in [1.82, 2.24) is 9.78 Å². The molecule has 0 atom stereocenters. The lowest BCUT2D eigenvalue weighted by molar-refractivity contribution is 0.713. The third-order valence-corrected chi connectivity index (χ3v) is 3.17. The van der Waals surface area contributed by atoms with Crippen LogP contribution in [0.2, 0.25) is 0 Å². The van der Waals surface area contributed by atoms with Gasteiger partial charge in [-0.15, -0.1) is 0 Å². The van der Waals surface area contributed by atoms with Crippen LogP contribution in [0.25, 0.3) is 11.1 Å². The standard InChI is InChI=1S/C15H21N3/c1-3-4-5-15-14(11-18(2)17-15)13-8-6-12(10-16)7-9-13/h6-9,11H,3-5,10,16H2,1-2H3. The molecule has 3 nitrogen and oxygen atoms in total. The molecule has 0 bridgehead atoms. The van der Waals surface area contributed by atoms with Gasteiger partial charge in [0.15, 0.2) is 0 Å². The van der Waals surface area contributed by atoms with Crippen LogP contribution in [0.1, 0.15) is 31.0 Å². The summed E-state index contributed by atoms with van der Waals surface area (Å²) >= 11 is 0. The zero-order chi connectivity index (χ0) is 13.0. The third kappa shape index (κ3) is 2.79. The second-order valence-electron chi connectivity index (χ2n) is 4.67. The van der Waals surface area contributed by atoms with Crippen molar-refractivity contribution in [2.24, 2.45) is 12.8 Å². The highest BCUT2D eigenvalue weighted by Gasteiger charge is 2.09. The smallest absolute Gasteiger partial charge is 0.0702 e. The van der Waals surface area contributed by atoms with Crippen molar-refractivity contribution in [1.29, 1.82) is 0 Å². The molecule has 96 valence electrons. The van der Waals surface area contributed by atoms with Gasteiger partial charge >= 0.3 is 0 Å². The van der Waals surface area contributed by atoms with Gasteiger partial charge in [-0.3, -0.25) is 4.68 Å². The maximum atomic E-state index is 5.62. The van der Waals surface area contributed by atoms with Crippen LogP contribution >= 0.6 is 0 Å². The topological polar surface area (TPSA) is 43.8 Å². The summed E-state index contributed by atoms with van der Waals surface area (Å²) < 4.78 is 1.90. The number of benzene rings is 1. The average molecular weight is 243 g/mol. The van der Waals surface area contributed by atoms with Crippen LogP contribution in [-0.2, 0) is 20.0 Å². The number of nitrogens with two attached hydrogens (primary N) is 1. The summed E-state index contributed by atoms with van der Waals surface area (Å²) in [6.07, 6.45) is 5.53. The normalized spacial score (nSPS) is 10.8. The zero-order valence-corrected chi connectivity index (χ0v) is 11.2. The molecule has 0 radical (unpaired) electrons. The highest BCUT2D eigenvalue weighted by molar-refractivity contribution is 5.65. The van der Waals surface area contributed by atoms with Gasteiger partial charge in [-0.2, -0.15) is 5.10 Å². The molecule has 18 heavy (non-hydrogen) atoms. The first-order valence-corrected chi connectivity index (χ1v) is 6.56. The van der Waals surface area contributed by atoms with Gasteiger partial charge in [-0.1, -0.05) is 37.6 Å². The molecule has 0 saturated carbocycles. The van der Waals surface area contributed by atoms with Gasteiger partial charge in [-0.25, -0.2) is 0 Å². The first-order valence-electron chi connectivity index (χ1n) is 6.56. The van der Waals surface area contributed by atoms with Crippen LogP contribution < -0.4 is 5.73 Å². The second kappa shape index (κ2) is 5.83. The van der Waals surface area contributed by atoms with E-state index in [4.69, 9.17) is 5.73 Å². The average Bonchev–Trinajstić information content (AvgIpc) is 2.77. The lowest BCUT2D eigenvalue weighted by Gasteiger charge is -2.03. The van der Waals surface area contributed by atoms with E-state index in [0.717, 1.165) is 12.0 Å². The molecule has 0 saturated heterocycles. The molecule has 1 heterocycles. The molecule has 2 N–H and O–H groups in total. The fourth-order valence-electron chi connectivity index (χ4n) is 2.12. The molecular formula is C15H21N3. The molecule has 2 aromatic rings. The summed E-state index contributed by atoms with van der Waals surface area (Å²) in [7, 11) is 1.98. The van der Waals surface area contributed by atoms with Crippen molar-refractivity contribution in [3.63, 3.8) is 0 Å². The molecule has 0 spiro atoms. The van der Waals surface area contributed by atoms with Crippen molar-refractivity contribution in [2.75, 3.05) is 0 Å². The Hall–Kier alpha value is -1.61. The van der Waals surface area contributed by atoms with Crippen molar-refractivity contribution in [3.8, 4) is 11.1 Å². The van der Waals surface area contributed by atoms with Gasteiger partial charge in [0.1, 0.15) is 0 Å². The van der Waals surface area contributed by atoms with Crippen molar-refractivity contribution in [3.05, 3.63) is 41.7 Å². The van der Waals surface area contributed by atoms with E-state index in [2.05, 4.69) is 42.5 Å². The van der Waals surface area contributed by atoms with Crippen molar-refractivity contribution >= 4 is 0 Å². The lowest BCUT2D eigenvalue weighted by atomic mass is 10.0. The Morgan fingerprint density at radius 2 is 1.94 bits per heavy atom. The molecule has 1 aromatic heterocycles. The minimum Gasteiger partial charge on any atom is -0.326 e. The third-order valence-electron chi connectivity index (χ3n) is 3.17. The summed E-state index contributed by atoms with van der Waals surface area (Å²) in [5.74, 6) is 0. The molecular weight excluding hydrogens is 222 g/mol. The molecule has 3 heteroatoms. The van der Waals surface area contributed by atoms with E-state index in [9.17, 15) is 0 Å². The van der Waals surface area contributed by atoms with Crippen LogP contribution in [0, 0.1) is 0 Å². The monoisotopic (exact) mass is 243 g/mol. The van der Waals surface area contributed by atoms with Crippen LogP contribution in [0.15, 0.2) is 30.5 Å². The first-order chi connectivity index (χ1) is 8.74. The molecule has 2 rings (SSSR count). The van der Waals surface area contributed by atoms with Crippen molar-refractivity contribution < 1.29 is 0 Å². The summed E-state index contributed by atoms with van der Waals surface area (Å²) in [6, 6.07) is 8.45. The maximum absolute atomic E-state index is 5.62. The minimum absolute atomic E-state index is 0.593. The van der Waals surface area contributed by atoms with Gasteiger partial charge < -0.3 is 5.73 Å². The second-order valence-corrected chi connectivity index (χ2v) is 4.67. The zero-order valence-electron chi connectivity index (χ0n) is 11.2. The fraction of sp³-hybridized carbons (Fsp3) is 0.400. The van der Waals surface area contributed by atoms with E-state index >= 15 is 0 Å². The largest absolute Gasteiger partial charge is 0.326 e. The molecule has 1 aromatic carbocycles. The first kappa shape index (κ1) is 12.8. The van der Waals surface area contributed by atoms with E-state index in [0.29, 0.717) is 6.54 Å². The molecule has 0 fully saturated rings. The summed E-state index contributed by atoms with van der Waals surface area (Å²) in [5, 5.41) is 4.56. The van der Waals surface area contributed by atoms with Gasteiger partial charge in [0.2, 0.25) is 0 Å². The van der Waals surface area contributed by atoms with E-state index in [1.54, 1.807) is 0 Å². The van der Waals surface area contributed by atoms with Gasteiger partial charge in [0.25, 0.3) is 0 Å². The van der Waals surface area contributed by atoms with Crippen LogP contribution in [-0.4, -0.2) is 9.78 Å². The highest BCUT2D eigenvalue weighted by atomic mass is 15.2. The lowest BCUT2D eigenvalue weighted by Crippen LogP contribution is -1.95. The van der Waals surface area contributed by atoms with Gasteiger partial charge in [0.05, 0.1) is 5.69 Å². The number of nitrogens with zero attached hydrogens (tertiary/aromatic N) is 2. The van der Waals surface area contributed by atoms with E-state index in [-0.39, 0.29) is 0 Å². The Balaban J connectivity index is 2.30. The quantitative estimate of drug-likeness (QED) is 0.877. The summed E-state index contributed by atoms with van der Waals surface area (Å²) in [4.78, 5) is 0. The van der Waals surface area contributed by atoms with Crippen LogP contribution in [0.4, 0.5) is 0 Å². The summed E-state index contributed by atoms with van der Waals surface area (Å²) in [6.45, 7) is 2.80. The Bertz CT molecular complexity index is 497. The van der Waals surface area contributed by atoms with E-state index < -0.39 is 0 Å². The van der Waals surface area contributed by atoms with E-state index in [1.165, 1.54) is 29.7 Å². The predicted octanol–water partition coefficient (Wildman–Crippen LogP) is 2.89. The number of hydrogen-bond donors (Lipinski definition) is 1. The number of rotatable bonds is 5. The number of aromatic nitrogens is 2. The number of aryl methyl sites for hydroxylation is 2. The van der Waals surface area contributed by atoms with E-state index in [1.807, 2.05) is 11.7 Å². The molecule has 0 aliphatic heterocycles. The predicted molar refractivity (Wildman–Crippen MR) is 75.1 cm³/mol. The Morgan fingerprint density at radius 1 is 1.22 bits per heavy atom. The van der Waals surface area contributed by atoms with Crippen LogP contribution in [0.3, 0.4) is 0 Å². The molecule has 0 aliphatic rings.